The molecule has 0 aliphatic heterocycles. The average Bonchev–Trinajstić information content (AvgIpc) is 2.58. The monoisotopic (exact) mass is 273 g/mol. The summed E-state index contributed by atoms with van der Waals surface area (Å²) >= 11 is 0. The Hall–Kier alpha value is -2.87. The first kappa shape index (κ1) is 13.1. The second-order valence-electron chi connectivity index (χ2n) is 4.73. The molecule has 3 aromatic rings. The van der Waals surface area contributed by atoms with Crippen LogP contribution in [0.2, 0.25) is 0 Å². The maximum atomic E-state index is 9.49. The van der Waals surface area contributed by atoms with Crippen LogP contribution in [-0.2, 0) is 0 Å². The predicted octanol–water partition coefficient (Wildman–Crippen LogP) is 4.58. The lowest BCUT2D eigenvalue weighted by molar-refractivity contribution is 0.319. The summed E-state index contributed by atoms with van der Waals surface area (Å²) in [6, 6.07) is 27.8. The Morgan fingerprint density at radius 1 is 0.667 bits per heavy atom. The first-order chi connectivity index (χ1) is 10.4. The largest absolute Gasteiger partial charge is 0.410 e. The molecule has 3 rings (SSSR count). The van der Waals surface area contributed by atoms with Crippen molar-refractivity contribution < 1.29 is 5.21 Å². The summed E-state index contributed by atoms with van der Waals surface area (Å²) in [4.78, 5) is 0. The zero-order chi connectivity index (χ0) is 14.5. The number of hydrogen-bond donors (Lipinski definition) is 1. The third kappa shape index (κ3) is 2.70. The lowest BCUT2D eigenvalue weighted by Gasteiger charge is -2.11. The molecule has 0 amide bonds. The minimum Gasteiger partial charge on any atom is -0.410 e. The van der Waals surface area contributed by atoms with Crippen molar-refractivity contribution in [2.24, 2.45) is 5.16 Å². The van der Waals surface area contributed by atoms with E-state index in [0.717, 1.165) is 22.3 Å². The summed E-state index contributed by atoms with van der Waals surface area (Å²) in [6.45, 7) is 0. The van der Waals surface area contributed by atoms with E-state index in [1.54, 1.807) is 0 Å². The second kappa shape index (κ2) is 6.06. The van der Waals surface area contributed by atoms with Crippen molar-refractivity contribution in [1.29, 1.82) is 0 Å². The minimum atomic E-state index is 0.579. The molecule has 2 heteroatoms. The number of oxime groups is 1. The Kier molecular flexibility index (Phi) is 3.79. The van der Waals surface area contributed by atoms with Gasteiger partial charge in [0.1, 0.15) is 5.71 Å². The lowest BCUT2D eigenvalue weighted by Crippen LogP contribution is -2.05. The zero-order valence-corrected chi connectivity index (χ0v) is 11.5. The molecular formula is C19H15NO. The fourth-order valence-corrected chi connectivity index (χ4v) is 2.42. The maximum Gasteiger partial charge on any atom is 0.117 e. The van der Waals surface area contributed by atoms with Gasteiger partial charge in [0.25, 0.3) is 0 Å². The van der Waals surface area contributed by atoms with Crippen molar-refractivity contribution in [3.8, 4) is 11.1 Å². The Morgan fingerprint density at radius 2 is 1.24 bits per heavy atom. The Morgan fingerprint density at radius 3 is 1.90 bits per heavy atom. The highest BCUT2D eigenvalue weighted by Crippen LogP contribution is 2.25. The van der Waals surface area contributed by atoms with Gasteiger partial charge in [-0.1, -0.05) is 90.1 Å². The number of hydrogen-bond acceptors (Lipinski definition) is 2. The highest BCUT2D eigenvalue weighted by Gasteiger charge is 2.12. The summed E-state index contributed by atoms with van der Waals surface area (Å²) in [7, 11) is 0. The van der Waals surface area contributed by atoms with E-state index in [4.69, 9.17) is 0 Å². The van der Waals surface area contributed by atoms with Crippen LogP contribution in [-0.4, -0.2) is 10.9 Å². The van der Waals surface area contributed by atoms with Crippen molar-refractivity contribution in [3.63, 3.8) is 0 Å². The summed E-state index contributed by atoms with van der Waals surface area (Å²) in [5.74, 6) is 0. The highest BCUT2D eigenvalue weighted by molar-refractivity contribution is 6.16. The third-order valence-corrected chi connectivity index (χ3v) is 3.41. The number of nitrogens with zero attached hydrogens (tertiary/aromatic N) is 1. The molecular weight excluding hydrogens is 258 g/mol. The molecule has 0 aliphatic carbocycles. The normalized spacial score (nSPS) is 11.3. The molecule has 0 heterocycles. The van der Waals surface area contributed by atoms with Crippen molar-refractivity contribution in [2.45, 2.75) is 0 Å². The van der Waals surface area contributed by atoms with Crippen molar-refractivity contribution in [3.05, 3.63) is 96.1 Å². The van der Waals surface area contributed by atoms with Crippen LogP contribution in [0.25, 0.3) is 11.1 Å². The van der Waals surface area contributed by atoms with E-state index in [1.807, 2.05) is 72.8 Å². The molecule has 0 saturated carbocycles. The van der Waals surface area contributed by atoms with Crippen molar-refractivity contribution >= 4 is 5.71 Å². The summed E-state index contributed by atoms with van der Waals surface area (Å²) < 4.78 is 0. The van der Waals surface area contributed by atoms with Crippen LogP contribution in [0.4, 0.5) is 0 Å². The van der Waals surface area contributed by atoms with Gasteiger partial charge in [0.05, 0.1) is 0 Å². The first-order valence-electron chi connectivity index (χ1n) is 6.82. The molecule has 2 nitrogen and oxygen atoms in total. The van der Waals surface area contributed by atoms with Crippen molar-refractivity contribution in [1.82, 2.24) is 0 Å². The van der Waals surface area contributed by atoms with Crippen LogP contribution in [0.1, 0.15) is 11.1 Å². The average molecular weight is 273 g/mol. The number of rotatable bonds is 3. The zero-order valence-electron chi connectivity index (χ0n) is 11.5. The molecule has 0 spiro atoms. The minimum absolute atomic E-state index is 0.579. The van der Waals surface area contributed by atoms with Crippen LogP contribution in [0, 0.1) is 0 Å². The van der Waals surface area contributed by atoms with E-state index in [2.05, 4.69) is 17.3 Å². The van der Waals surface area contributed by atoms with E-state index < -0.39 is 0 Å². The SMILES string of the molecule is O/N=C(\c1ccccc1)c1ccccc1-c1ccccc1. The molecule has 102 valence electrons. The molecule has 0 aromatic heterocycles. The van der Waals surface area contributed by atoms with Gasteiger partial charge in [0, 0.05) is 11.1 Å². The predicted molar refractivity (Wildman–Crippen MR) is 85.7 cm³/mol. The third-order valence-electron chi connectivity index (χ3n) is 3.41. The smallest absolute Gasteiger partial charge is 0.117 e. The van der Waals surface area contributed by atoms with Gasteiger partial charge < -0.3 is 5.21 Å². The molecule has 3 aromatic carbocycles. The van der Waals surface area contributed by atoms with Gasteiger partial charge in [-0.15, -0.1) is 0 Å². The van der Waals surface area contributed by atoms with E-state index in [9.17, 15) is 5.21 Å². The molecule has 0 aliphatic rings. The fraction of sp³-hybridized carbons (Fsp3) is 0. The maximum absolute atomic E-state index is 9.49. The van der Waals surface area contributed by atoms with Gasteiger partial charge in [-0.3, -0.25) is 0 Å². The molecule has 0 fully saturated rings. The molecule has 0 bridgehead atoms. The molecule has 1 N–H and O–H groups in total. The van der Waals surface area contributed by atoms with Crippen LogP contribution in [0.3, 0.4) is 0 Å². The Labute approximate surface area is 124 Å². The quantitative estimate of drug-likeness (QED) is 0.423. The van der Waals surface area contributed by atoms with Gasteiger partial charge >= 0.3 is 0 Å². The van der Waals surface area contributed by atoms with E-state index in [-0.39, 0.29) is 0 Å². The van der Waals surface area contributed by atoms with E-state index in [0.29, 0.717) is 5.71 Å². The van der Waals surface area contributed by atoms with Crippen LogP contribution < -0.4 is 0 Å². The lowest BCUT2D eigenvalue weighted by atomic mass is 9.93. The first-order valence-corrected chi connectivity index (χ1v) is 6.82. The van der Waals surface area contributed by atoms with Crippen LogP contribution >= 0.6 is 0 Å². The molecule has 0 atom stereocenters. The molecule has 0 radical (unpaired) electrons. The fourth-order valence-electron chi connectivity index (χ4n) is 2.42. The highest BCUT2D eigenvalue weighted by atomic mass is 16.4. The number of benzene rings is 3. The van der Waals surface area contributed by atoms with Crippen LogP contribution in [0.15, 0.2) is 90.1 Å². The standard InChI is InChI=1S/C19H15NO/c21-20-19(16-11-5-2-6-12-16)18-14-8-7-13-17(18)15-9-3-1-4-10-15/h1-14,21H/b20-19+. The van der Waals surface area contributed by atoms with E-state index in [1.165, 1.54) is 0 Å². The van der Waals surface area contributed by atoms with Crippen LogP contribution in [0.5, 0.6) is 0 Å². The van der Waals surface area contributed by atoms with Gasteiger partial charge in [0.15, 0.2) is 0 Å². The Bertz CT molecular complexity index is 749. The Balaban J connectivity index is 2.15. The van der Waals surface area contributed by atoms with E-state index >= 15 is 0 Å². The molecule has 21 heavy (non-hydrogen) atoms. The molecule has 0 unspecified atom stereocenters. The van der Waals surface area contributed by atoms with Gasteiger partial charge in [-0.05, 0) is 11.1 Å². The summed E-state index contributed by atoms with van der Waals surface area (Å²) in [6.07, 6.45) is 0. The van der Waals surface area contributed by atoms with Crippen molar-refractivity contribution in [2.75, 3.05) is 0 Å². The molecule has 0 saturated heterocycles. The summed E-state index contributed by atoms with van der Waals surface area (Å²) in [5.41, 5.74) is 4.54. The second-order valence-corrected chi connectivity index (χ2v) is 4.73. The van der Waals surface area contributed by atoms with Gasteiger partial charge in [-0.2, -0.15) is 0 Å². The van der Waals surface area contributed by atoms with Gasteiger partial charge in [0.2, 0.25) is 0 Å². The van der Waals surface area contributed by atoms with Gasteiger partial charge in [-0.25, -0.2) is 0 Å². The summed E-state index contributed by atoms with van der Waals surface area (Å²) in [5, 5.41) is 13.0. The topological polar surface area (TPSA) is 32.6 Å².